The number of aromatic nitrogens is 3. The fraction of sp³-hybridized carbons (Fsp3) is 0.500. The predicted octanol–water partition coefficient (Wildman–Crippen LogP) is 1.18. The molecule has 4 nitrogen and oxygen atoms in total. The van der Waals surface area contributed by atoms with Crippen LogP contribution in [0, 0.1) is 0 Å². The van der Waals surface area contributed by atoms with Gasteiger partial charge in [0.2, 0.25) is 0 Å². The van der Waals surface area contributed by atoms with Gasteiger partial charge in [0.25, 0.3) is 0 Å². The van der Waals surface area contributed by atoms with Gasteiger partial charge in [-0.1, -0.05) is 6.08 Å². The highest BCUT2D eigenvalue weighted by Crippen LogP contribution is 2.10. The monoisotopic (exact) mass is 166 g/mol. The molecule has 0 amide bonds. The van der Waals surface area contributed by atoms with Crippen molar-refractivity contribution in [2.45, 2.75) is 26.8 Å². The first-order valence-electron chi connectivity index (χ1n) is 3.98. The summed E-state index contributed by atoms with van der Waals surface area (Å²) in [5, 5.41) is 7.73. The number of allylic oxidation sites excluding steroid dienone is 1. The number of rotatable bonds is 2. The van der Waals surface area contributed by atoms with E-state index in [0.717, 1.165) is 5.82 Å². The Labute approximate surface area is 72.1 Å². The SMILES string of the molecule is C/C=C(/N)c1nncn1C(C)C. The molecule has 2 N–H and O–H groups in total. The Hall–Kier alpha value is -1.32. The minimum Gasteiger partial charge on any atom is -0.396 e. The van der Waals surface area contributed by atoms with Gasteiger partial charge in [-0.2, -0.15) is 0 Å². The van der Waals surface area contributed by atoms with Crippen LogP contribution in [0.3, 0.4) is 0 Å². The maximum Gasteiger partial charge on any atom is 0.179 e. The predicted molar refractivity (Wildman–Crippen MR) is 48.2 cm³/mol. The van der Waals surface area contributed by atoms with E-state index in [1.807, 2.05) is 17.6 Å². The van der Waals surface area contributed by atoms with Crippen LogP contribution in [0.2, 0.25) is 0 Å². The fourth-order valence-electron chi connectivity index (χ4n) is 0.956. The molecule has 0 aliphatic carbocycles. The molecule has 1 heterocycles. The van der Waals surface area contributed by atoms with Crippen molar-refractivity contribution >= 4 is 5.70 Å². The van der Waals surface area contributed by atoms with Crippen molar-refractivity contribution in [2.75, 3.05) is 0 Å². The fourth-order valence-corrected chi connectivity index (χ4v) is 0.956. The summed E-state index contributed by atoms with van der Waals surface area (Å²) in [5.74, 6) is 0.743. The summed E-state index contributed by atoms with van der Waals surface area (Å²) in [6.45, 7) is 6.01. The lowest BCUT2D eigenvalue weighted by molar-refractivity contribution is 0.590. The second-order valence-electron chi connectivity index (χ2n) is 2.90. The number of hydrogen-bond acceptors (Lipinski definition) is 3. The van der Waals surface area contributed by atoms with Gasteiger partial charge in [-0.15, -0.1) is 10.2 Å². The van der Waals surface area contributed by atoms with E-state index in [1.165, 1.54) is 0 Å². The molecular formula is C8H14N4. The van der Waals surface area contributed by atoms with E-state index >= 15 is 0 Å². The van der Waals surface area contributed by atoms with E-state index in [2.05, 4.69) is 24.0 Å². The average Bonchev–Trinajstić information content (AvgIpc) is 2.50. The Morgan fingerprint density at radius 2 is 2.33 bits per heavy atom. The molecule has 0 spiro atoms. The van der Waals surface area contributed by atoms with Gasteiger partial charge in [0.05, 0.1) is 5.70 Å². The first-order chi connectivity index (χ1) is 5.66. The van der Waals surface area contributed by atoms with Crippen LogP contribution in [0.25, 0.3) is 5.70 Å². The van der Waals surface area contributed by atoms with Crippen molar-refractivity contribution in [1.82, 2.24) is 14.8 Å². The van der Waals surface area contributed by atoms with Crippen LogP contribution < -0.4 is 5.73 Å². The molecular weight excluding hydrogens is 152 g/mol. The first kappa shape index (κ1) is 8.77. The second-order valence-corrected chi connectivity index (χ2v) is 2.90. The number of nitrogens with two attached hydrogens (primary N) is 1. The van der Waals surface area contributed by atoms with Gasteiger partial charge in [0.1, 0.15) is 6.33 Å². The van der Waals surface area contributed by atoms with E-state index in [0.29, 0.717) is 11.7 Å². The normalized spacial score (nSPS) is 12.5. The molecule has 4 heteroatoms. The molecule has 0 bridgehead atoms. The molecule has 0 aliphatic heterocycles. The topological polar surface area (TPSA) is 56.7 Å². The third-order valence-corrected chi connectivity index (χ3v) is 1.70. The summed E-state index contributed by atoms with van der Waals surface area (Å²) in [5.41, 5.74) is 6.38. The summed E-state index contributed by atoms with van der Waals surface area (Å²) < 4.78 is 1.94. The van der Waals surface area contributed by atoms with E-state index < -0.39 is 0 Å². The van der Waals surface area contributed by atoms with Gasteiger partial charge in [-0.05, 0) is 20.8 Å². The van der Waals surface area contributed by atoms with Crippen molar-refractivity contribution in [3.8, 4) is 0 Å². The molecule has 1 aromatic heterocycles. The van der Waals surface area contributed by atoms with Crippen molar-refractivity contribution in [3.63, 3.8) is 0 Å². The lowest BCUT2D eigenvalue weighted by Crippen LogP contribution is -2.08. The van der Waals surface area contributed by atoms with Gasteiger partial charge in [-0.25, -0.2) is 0 Å². The average molecular weight is 166 g/mol. The highest BCUT2D eigenvalue weighted by Gasteiger charge is 2.07. The van der Waals surface area contributed by atoms with Gasteiger partial charge >= 0.3 is 0 Å². The lowest BCUT2D eigenvalue weighted by Gasteiger charge is -2.09. The summed E-state index contributed by atoms with van der Waals surface area (Å²) in [4.78, 5) is 0. The summed E-state index contributed by atoms with van der Waals surface area (Å²) >= 11 is 0. The van der Waals surface area contributed by atoms with Crippen LogP contribution in [0.15, 0.2) is 12.4 Å². The Morgan fingerprint density at radius 1 is 1.67 bits per heavy atom. The Balaban J connectivity index is 3.07. The molecule has 0 radical (unpaired) electrons. The second kappa shape index (κ2) is 3.38. The first-order valence-corrected chi connectivity index (χ1v) is 3.98. The molecule has 0 saturated heterocycles. The van der Waals surface area contributed by atoms with Crippen LogP contribution in [-0.2, 0) is 0 Å². The van der Waals surface area contributed by atoms with Crippen molar-refractivity contribution in [1.29, 1.82) is 0 Å². The minimum atomic E-state index is 0.341. The number of nitrogens with zero attached hydrogens (tertiary/aromatic N) is 3. The molecule has 12 heavy (non-hydrogen) atoms. The van der Waals surface area contributed by atoms with E-state index in [1.54, 1.807) is 6.33 Å². The third-order valence-electron chi connectivity index (χ3n) is 1.70. The largest absolute Gasteiger partial charge is 0.396 e. The van der Waals surface area contributed by atoms with Crippen molar-refractivity contribution in [2.24, 2.45) is 5.73 Å². The summed E-state index contributed by atoms with van der Waals surface area (Å²) in [7, 11) is 0. The highest BCUT2D eigenvalue weighted by atomic mass is 15.3. The minimum absolute atomic E-state index is 0.341. The Kier molecular flexibility index (Phi) is 2.47. The van der Waals surface area contributed by atoms with Crippen LogP contribution >= 0.6 is 0 Å². The van der Waals surface area contributed by atoms with Crippen LogP contribution in [0.4, 0.5) is 0 Å². The Bertz CT molecular complexity index is 285. The highest BCUT2D eigenvalue weighted by molar-refractivity contribution is 5.55. The smallest absolute Gasteiger partial charge is 0.179 e. The zero-order valence-electron chi connectivity index (χ0n) is 7.65. The molecule has 0 unspecified atom stereocenters. The summed E-state index contributed by atoms with van der Waals surface area (Å²) in [6, 6.07) is 0.341. The standard InChI is InChI=1S/C8H14N4/c1-4-7(9)8-11-10-5-12(8)6(2)3/h4-6H,9H2,1-3H3/b7-4+. The van der Waals surface area contributed by atoms with Gasteiger partial charge in [0.15, 0.2) is 5.82 Å². The van der Waals surface area contributed by atoms with E-state index in [4.69, 9.17) is 5.73 Å². The molecule has 0 aromatic carbocycles. The van der Waals surface area contributed by atoms with Crippen molar-refractivity contribution in [3.05, 3.63) is 18.2 Å². The van der Waals surface area contributed by atoms with Crippen LogP contribution in [0.1, 0.15) is 32.6 Å². The molecule has 0 atom stereocenters. The van der Waals surface area contributed by atoms with E-state index in [9.17, 15) is 0 Å². The molecule has 66 valence electrons. The molecule has 0 fully saturated rings. The maximum absolute atomic E-state index is 5.72. The van der Waals surface area contributed by atoms with E-state index in [-0.39, 0.29) is 0 Å². The van der Waals surface area contributed by atoms with Gasteiger partial charge < -0.3 is 10.3 Å². The van der Waals surface area contributed by atoms with Gasteiger partial charge in [-0.3, -0.25) is 0 Å². The van der Waals surface area contributed by atoms with Gasteiger partial charge in [0, 0.05) is 6.04 Å². The Morgan fingerprint density at radius 3 is 2.83 bits per heavy atom. The molecule has 1 rings (SSSR count). The quantitative estimate of drug-likeness (QED) is 0.717. The zero-order valence-corrected chi connectivity index (χ0v) is 7.65. The summed E-state index contributed by atoms with van der Waals surface area (Å²) in [6.07, 6.45) is 3.51. The molecule has 0 aliphatic rings. The maximum atomic E-state index is 5.72. The van der Waals surface area contributed by atoms with Crippen molar-refractivity contribution < 1.29 is 0 Å². The van der Waals surface area contributed by atoms with Crippen LogP contribution in [-0.4, -0.2) is 14.8 Å². The zero-order chi connectivity index (χ0) is 9.14. The lowest BCUT2D eigenvalue weighted by atomic mass is 10.3. The van der Waals surface area contributed by atoms with Crippen LogP contribution in [0.5, 0.6) is 0 Å². The number of hydrogen-bond donors (Lipinski definition) is 1. The molecule has 1 aromatic rings. The third kappa shape index (κ3) is 1.47. The molecule has 0 saturated carbocycles.